The van der Waals surface area contributed by atoms with Gasteiger partial charge >= 0.3 is 12.7 Å². The average Bonchev–Trinajstić information content (AvgIpc) is 3.77. The van der Waals surface area contributed by atoms with Gasteiger partial charge in [-0.15, -0.1) is 26.3 Å². The van der Waals surface area contributed by atoms with Crippen LogP contribution in [0.3, 0.4) is 0 Å². The van der Waals surface area contributed by atoms with Crippen LogP contribution in [0.1, 0.15) is 113 Å². The summed E-state index contributed by atoms with van der Waals surface area (Å²) in [5.41, 5.74) is 15.5. The number of methoxy groups -OCH3 is 2. The molecule has 2 aliphatic rings. The molecule has 2 fully saturated rings. The molecule has 376 valence electrons. The van der Waals surface area contributed by atoms with Crippen LogP contribution in [0, 0.1) is 22.7 Å². The highest BCUT2D eigenvalue weighted by Crippen LogP contribution is 2.48. The maximum absolute atomic E-state index is 12.5. The van der Waals surface area contributed by atoms with Crippen molar-refractivity contribution in [2.75, 3.05) is 24.9 Å². The maximum atomic E-state index is 12.5. The third kappa shape index (κ3) is 12.1. The number of carbonyl (C=O) groups is 2. The maximum Gasteiger partial charge on any atom is 0.573 e. The van der Waals surface area contributed by atoms with Crippen LogP contribution in [0.4, 0.5) is 49.6 Å². The Kier molecular flexibility index (Phi) is 14.2. The van der Waals surface area contributed by atoms with E-state index in [9.17, 15) is 35.9 Å². The molecule has 4 aromatic carbocycles. The van der Waals surface area contributed by atoms with E-state index in [1.54, 1.807) is 24.3 Å². The molecule has 4 atom stereocenters. The molecule has 6 aromatic rings. The number of benzene rings is 4. The largest absolute Gasteiger partial charge is 0.573 e. The van der Waals surface area contributed by atoms with E-state index in [1.165, 1.54) is 62.8 Å². The Bertz CT molecular complexity index is 2660. The molecule has 0 saturated heterocycles. The van der Waals surface area contributed by atoms with E-state index < -0.39 is 24.5 Å². The van der Waals surface area contributed by atoms with Crippen LogP contribution in [0.2, 0.25) is 0 Å². The van der Waals surface area contributed by atoms with Crippen LogP contribution >= 0.6 is 0 Å². The molecule has 0 aliphatic heterocycles. The van der Waals surface area contributed by atoms with Gasteiger partial charge in [0.05, 0.1) is 47.4 Å². The number of amides is 2. The molecule has 8 rings (SSSR count). The number of anilines is 4. The third-order valence-electron chi connectivity index (χ3n) is 12.7. The normalized spacial score (nSPS) is 20.0. The number of primary amides is 2. The minimum Gasteiger partial charge on any atom is -0.496 e. The molecule has 2 aromatic heterocycles. The number of alkyl halides is 6. The van der Waals surface area contributed by atoms with Crippen LogP contribution < -0.4 is 41.0 Å². The molecule has 2 heterocycles. The number of hydrogen-bond acceptors (Lipinski definition) is 10. The number of nitrogens with zero attached hydrogens (tertiary/aromatic N) is 4. The van der Waals surface area contributed by atoms with E-state index in [-0.39, 0.29) is 45.5 Å². The number of halogens is 6. The zero-order valence-electron chi connectivity index (χ0n) is 40.1. The van der Waals surface area contributed by atoms with Gasteiger partial charge in [0.25, 0.3) is 11.8 Å². The van der Waals surface area contributed by atoms with Gasteiger partial charge in [-0.3, -0.25) is 9.59 Å². The quantitative estimate of drug-likeness (QED) is 0.0861. The van der Waals surface area contributed by atoms with Crippen molar-refractivity contribution in [3.05, 3.63) is 83.9 Å². The van der Waals surface area contributed by atoms with Crippen LogP contribution in [-0.2, 0) is 0 Å². The topological polar surface area (TPSA) is 183 Å². The van der Waals surface area contributed by atoms with Crippen LogP contribution in [0.5, 0.6) is 23.0 Å². The zero-order chi connectivity index (χ0) is 51.1. The van der Waals surface area contributed by atoms with Crippen LogP contribution in [-0.4, -0.2) is 57.9 Å². The van der Waals surface area contributed by atoms with E-state index in [2.05, 4.69) is 70.8 Å². The summed E-state index contributed by atoms with van der Waals surface area (Å²) in [6, 6.07) is 17.9. The first kappa shape index (κ1) is 51.0. The van der Waals surface area contributed by atoms with Crippen molar-refractivity contribution in [3.63, 3.8) is 0 Å². The first-order chi connectivity index (χ1) is 32.7. The Balaban J connectivity index is 0.000000206. The fourth-order valence-corrected chi connectivity index (χ4v) is 10.6. The summed E-state index contributed by atoms with van der Waals surface area (Å²) < 4.78 is 98.1. The minimum atomic E-state index is -4.76. The number of nitrogens with two attached hydrogens (primary N) is 2. The number of hydrogen-bond donors (Lipinski definition) is 4. The predicted octanol–water partition coefficient (Wildman–Crippen LogP) is 12.3. The lowest BCUT2D eigenvalue weighted by atomic mass is 9.70. The van der Waals surface area contributed by atoms with Gasteiger partial charge in [-0.25, -0.2) is 9.97 Å². The highest BCUT2D eigenvalue weighted by atomic mass is 19.4. The first-order valence-corrected chi connectivity index (χ1v) is 22.8. The summed E-state index contributed by atoms with van der Waals surface area (Å²) in [6.07, 6.45) is -3.62. The monoisotopic (exact) mass is 980 g/mol. The molecule has 2 saturated carbocycles. The average molecular weight is 981 g/mol. The van der Waals surface area contributed by atoms with Gasteiger partial charge in [-0.1, -0.05) is 41.5 Å². The highest BCUT2D eigenvalue weighted by molar-refractivity contribution is 6.01. The molecule has 6 N–H and O–H groups in total. The molecule has 70 heavy (non-hydrogen) atoms. The molecular weight excluding hydrogens is 923 g/mol. The van der Waals surface area contributed by atoms with Gasteiger partial charge in [-0.05, 0) is 122 Å². The highest BCUT2D eigenvalue weighted by Gasteiger charge is 2.37. The molecule has 0 radical (unpaired) electrons. The van der Waals surface area contributed by atoms with E-state index in [4.69, 9.17) is 30.9 Å². The summed E-state index contributed by atoms with van der Waals surface area (Å²) in [6.45, 7) is 13.4. The lowest BCUT2D eigenvalue weighted by Crippen LogP contribution is -2.29. The fraction of sp³-hybridized carbons (Fsp3) is 0.440. The van der Waals surface area contributed by atoms with Crippen molar-refractivity contribution < 1.29 is 54.9 Å². The van der Waals surface area contributed by atoms with Gasteiger partial charge in [0, 0.05) is 35.6 Å². The summed E-state index contributed by atoms with van der Waals surface area (Å²) >= 11 is 0. The predicted molar refractivity (Wildman–Crippen MR) is 254 cm³/mol. The number of imidazole rings is 2. The third-order valence-corrected chi connectivity index (χ3v) is 12.7. The Labute approximate surface area is 401 Å². The minimum absolute atomic E-state index is 0.109. The van der Waals surface area contributed by atoms with Crippen molar-refractivity contribution in [1.82, 2.24) is 19.1 Å². The van der Waals surface area contributed by atoms with Crippen molar-refractivity contribution in [3.8, 4) is 23.0 Å². The van der Waals surface area contributed by atoms with Crippen LogP contribution in [0.25, 0.3) is 22.1 Å². The number of aromatic nitrogens is 4. The van der Waals surface area contributed by atoms with Crippen molar-refractivity contribution in [2.24, 2.45) is 34.1 Å². The van der Waals surface area contributed by atoms with Gasteiger partial charge in [0.2, 0.25) is 11.9 Å². The Morgan fingerprint density at radius 1 is 0.600 bits per heavy atom. The summed E-state index contributed by atoms with van der Waals surface area (Å²) in [7, 11) is 2.95. The molecule has 0 unspecified atom stereocenters. The number of ether oxygens (including phenoxy) is 4. The lowest BCUT2D eigenvalue weighted by Gasteiger charge is -2.40. The molecule has 0 bridgehead atoms. The lowest BCUT2D eigenvalue weighted by molar-refractivity contribution is -0.275. The Hall–Kier alpha value is -6.86. The molecular formula is C50H58F6N8O6. The summed E-state index contributed by atoms with van der Waals surface area (Å²) in [5.74, 6) is 0.848. The number of carbonyl (C=O) groups excluding carboxylic acids is 2. The molecule has 2 amide bonds. The van der Waals surface area contributed by atoms with Crippen LogP contribution in [0.15, 0.2) is 72.8 Å². The summed E-state index contributed by atoms with van der Waals surface area (Å²) in [4.78, 5) is 33.4. The molecule has 14 nitrogen and oxygen atoms in total. The SMILES string of the molecule is COc1cc2c(cc1C(N)=O)nc(Nc1ccc(OC(F)(F)F)cc1)n2[C@H]1C[C@@H](C)CC(C)(C)C1.COc1cc2c(cc1C(N)=O)nc(Nc1ccc(OC(F)(F)F)cc1)n2[C@H]1C[C@@H](C)CC(C)(C)C1. The Morgan fingerprint density at radius 2 is 0.943 bits per heavy atom. The van der Waals surface area contributed by atoms with E-state index >= 15 is 0 Å². The summed E-state index contributed by atoms with van der Waals surface area (Å²) in [5, 5.41) is 6.47. The van der Waals surface area contributed by atoms with E-state index in [1.807, 2.05) is 0 Å². The molecule has 20 heteroatoms. The van der Waals surface area contributed by atoms with Crippen molar-refractivity contribution in [2.45, 2.75) is 105 Å². The number of fused-ring (bicyclic) bond motifs is 2. The second kappa shape index (κ2) is 19.5. The van der Waals surface area contributed by atoms with Gasteiger partial charge in [0.1, 0.15) is 23.0 Å². The van der Waals surface area contributed by atoms with Gasteiger partial charge in [-0.2, -0.15) is 0 Å². The second-order valence-corrected chi connectivity index (χ2v) is 20.0. The van der Waals surface area contributed by atoms with Crippen molar-refractivity contribution >= 4 is 57.2 Å². The molecule has 0 spiro atoms. The number of nitrogens with one attached hydrogen (secondary N) is 2. The fourth-order valence-electron chi connectivity index (χ4n) is 10.6. The number of rotatable bonds is 12. The van der Waals surface area contributed by atoms with E-state index in [0.717, 1.165) is 49.6 Å². The smallest absolute Gasteiger partial charge is 0.496 e. The van der Waals surface area contributed by atoms with Gasteiger partial charge in [0.15, 0.2) is 0 Å². The zero-order valence-corrected chi connectivity index (χ0v) is 40.1. The standard InChI is InChI=1S/2C25H29F3N4O3/c2*1-14-9-16(13-24(2,3)12-14)32-20-11-21(34-4)18(22(29)33)10-19(20)31-23(32)30-15-5-7-17(8-6-15)35-25(26,27)28/h2*5-8,10-11,14,16H,9,12-13H2,1-4H3,(H2,29,33)(H,30,31)/t2*14-,16+/m11/s1. The van der Waals surface area contributed by atoms with E-state index in [0.29, 0.717) is 57.6 Å². The second-order valence-electron chi connectivity index (χ2n) is 20.0. The Morgan fingerprint density at radius 3 is 1.23 bits per heavy atom. The molecule has 2 aliphatic carbocycles. The van der Waals surface area contributed by atoms with Gasteiger partial charge < -0.3 is 50.2 Å². The van der Waals surface area contributed by atoms with Crippen molar-refractivity contribution in [1.29, 1.82) is 0 Å². The first-order valence-electron chi connectivity index (χ1n) is 22.8.